The third kappa shape index (κ3) is 3.97. The lowest BCUT2D eigenvalue weighted by molar-refractivity contribution is 0.429. The first-order valence-corrected chi connectivity index (χ1v) is 8.73. The van der Waals surface area contributed by atoms with E-state index in [1.165, 1.54) is 6.07 Å². The number of hydrogen-bond acceptors (Lipinski definition) is 4. The Kier molecular flexibility index (Phi) is 5.48. The molecule has 0 aliphatic carbocycles. The second-order valence-electron chi connectivity index (χ2n) is 5.77. The van der Waals surface area contributed by atoms with Gasteiger partial charge >= 0.3 is 5.69 Å². The van der Waals surface area contributed by atoms with Gasteiger partial charge in [-0.3, -0.25) is 14.8 Å². The number of aromatic nitrogens is 2. The van der Waals surface area contributed by atoms with Crippen LogP contribution in [-0.2, 0) is 6.54 Å². The van der Waals surface area contributed by atoms with E-state index in [1.54, 1.807) is 37.3 Å². The summed E-state index contributed by atoms with van der Waals surface area (Å²) >= 11 is 12.1. The topological polar surface area (TPSA) is 87.4 Å². The third-order valence-electron chi connectivity index (χ3n) is 3.96. The minimum Gasteiger partial charge on any atom is -0.493 e. The molecule has 8 heteroatoms. The van der Waals surface area contributed by atoms with Crippen molar-refractivity contribution in [1.29, 1.82) is 0 Å². The predicted octanol–water partition coefficient (Wildman–Crippen LogP) is 3.55. The monoisotopic (exact) mass is 403 g/mol. The van der Waals surface area contributed by atoms with Gasteiger partial charge in [-0.15, -0.1) is 0 Å². The quantitative estimate of drug-likeness (QED) is 0.652. The Morgan fingerprint density at radius 2 is 1.89 bits per heavy atom. The largest absolute Gasteiger partial charge is 0.493 e. The molecule has 0 saturated heterocycles. The lowest BCUT2D eigenvalue weighted by Crippen LogP contribution is -2.32. The van der Waals surface area contributed by atoms with Gasteiger partial charge in [0, 0.05) is 10.0 Å². The summed E-state index contributed by atoms with van der Waals surface area (Å²) in [7, 11) is 0. The number of halogens is 2. The van der Waals surface area contributed by atoms with E-state index in [0.29, 0.717) is 15.7 Å². The number of aromatic hydroxyl groups is 1. The average molecular weight is 404 g/mol. The maximum atomic E-state index is 12.3. The Bertz CT molecular complexity index is 1150. The summed E-state index contributed by atoms with van der Waals surface area (Å²) in [5.74, 6) is -0.508. The van der Waals surface area contributed by atoms with Crippen molar-refractivity contribution in [3.05, 3.63) is 90.5 Å². The molecule has 0 fully saturated rings. The molecular weight excluding hydrogens is 389 g/mol. The minimum atomic E-state index is -0.776. The maximum Gasteiger partial charge on any atom is 0.335 e. The van der Waals surface area contributed by atoms with Gasteiger partial charge in [0.2, 0.25) is 5.88 Å². The van der Waals surface area contributed by atoms with E-state index in [-0.39, 0.29) is 17.8 Å². The first-order valence-electron chi connectivity index (χ1n) is 7.97. The fraction of sp³-hybridized carbons (Fsp3) is 0.105. The molecule has 0 atom stereocenters. The summed E-state index contributed by atoms with van der Waals surface area (Å²) in [5.41, 5.74) is -0.233. The van der Waals surface area contributed by atoms with E-state index < -0.39 is 17.1 Å². The van der Waals surface area contributed by atoms with Gasteiger partial charge in [0.1, 0.15) is 5.56 Å². The summed E-state index contributed by atoms with van der Waals surface area (Å²) in [6.45, 7) is 1.80. The molecule has 0 amide bonds. The summed E-state index contributed by atoms with van der Waals surface area (Å²) in [5, 5.41) is 11.5. The first-order chi connectivity index (χ1) is 12.9. The summed E-state index contributed by atoms with van der Waals surface area (Å²) in [6.07, 6.45) is 0. The third-order valence-corrected chi connectivity index (χ3v) is 4.56. The molecule has 0 unspecified atom stereocenters. The molecule has 0 saturated carbocycles. The van der Waals surface area contributed by atoms with Gasteiger partial charge in [0.05, 0.1) is 17.9 Å². The Labute approximate surface area is 164 Å². The van der Waals surface area contributed by atoms with Gasteiger partial charge in [0.25, 0.3) is 5.56 Å². The number of H-pyrrole nitrogens is 1. The molecule has 1 heterocycles. The van der Waals surface area contributed by atoms with Crippen molar-refractivity contribution in [3.63, 3.8) is 0 Å². The Morgan fingerprint density at radius 3 is 2.59 bits per heavy atom. The minimum absolute atomic E-state index is 0.0957. The van der Waals surface area contributed by atoms with Gasteiger partial charge in [-0.1, -0.05) is 47.5 Å². The number of rotatable bonds is 4. The molecule has 3 aromatic rings. The van der Waals surface area contributed by atoms with Crippen molar-refractivity contribution in [2.75, 3.05) is 0 Å². The van der Waals surface area contributed by atoms with Crippen molar-refractivity contribution in [2.24, 2.45) is 4.99 Å². The number of nitrogens with zero attached hydrogens (tertiary/aromatic N) is 2. The van der Waals surface area contributed by atoms with Crippen LogP contribution in [0.4, 0.5) is 0 Å². The highest BCUT2D eigenvalue weighted by molar-refractivity contribution is 6.31. The molecule has 0 aliphatic heterocycles. The number of benzene rings is 2. The Hall–Kier alpha value is -2.83. The van der Waals surface area contributed by atoms with Crippen LogP contribution < -0.4 is 11.2 Å². The zero-order valence-corrected chi connectivity index (χ0v) is 15.8. The highest BCUT2D eigenvalue weighted by Gasteiger charge is 2.18. The number of nitrogens with one attached hydrogen (secondary N) is 1. The highest BCUT2D eigenvalue weighted by atomic mass is 35.5. The molecule has 27 heavy (non-hydrogen) atoms. The van der Waals surface area contributed by atoms with Crippen LogP contribution in [0.3, 0.4) is 0 Å². The fourth-order valence-corrected chi connectivity index (χ4v) is 3.00. The standard InChI is InChI=1S/C19H15Cl2N3O3/c1-11(22-10-12-5-2-3-8-15(12)21)16-17(25)23-19(27)24(18(16)26)14-7-4-6-13(20)9-14/h2-9,26H,10H2,1H3,(H,23,25,27). The second kappa shape index (κ2) is 7.82. The molecule has 1 aromatic heterocycles. The maximum absolute atomic E-state index is 12.3. The lowest BCUT2D eigenvalue weighted by atomic mass is 10.2. The van der Waals surface area contributed by atoms with E-state index in [1.807, 2.05) is 12.1 Å². The van der Waals surface area contributed by atoms with Crippen molar-refractivity contribution >= 4 is 28.9 Å². The van der Waals surface area contributed by atoms with Crippen LogP contribution in [0.25, 0.3) is 5.69 Å². The van der Waals surface area contributed by atoms with Crippen molar-refractivity contribution in [3.8, 4) is 11.6 Å². The molecule has 138 valence electrons. The molecule has 0 spiro atoms. The molecule has 2 aromatic carbocycles. The van der Waals surface area contributed by atoms with Gasteiger partial charge in [-0.2, -0.15) is 0 Å². The Balaban J connectivity index is 2.09. The van der Waals surface area contributed by atoms with E-state index in [9.17, 15) is 14.7 Å². The van der Waals surface area contributed by atoms with Gasteiger partial charge in [-0.05, 0) is 36.8 Å². The normalized spacial score (nSPS) is 11.6. The van der Waals surface area contributed by atoms with Crippen LogP contribution in [0, 0.1) is 0 Å². The van der Waals surface area contributed by atoms with E-state index in [4.69, 9.17) is 23.2 Å². The Morgan fingerprint density at radius 1 is 1.15 bits per heavy atom. The van der Waals surface area contributed by atoms with Gasteiger partial charge < -0.3 is 5.11 Å². The zero-order valence-electron chi connectivity index (χ0n) is 14.2. The number of aliphatic imine (C=N–C) groups is 1. The van der Waals surface area contributed by atoms with Crippen LogP contribution in [0.1, 0.15) is 18.1 Å². The smallest absolute Gasteiger partial charge is 0.335 e. The van der Waals surface area contributed by atoms with Crippen molar-refractivity contribution in [2.45, 2.75) is 13.5 Å². The second-order valence-corrected chi connectivity index (χ2v) is 6.61. The fourth-order valence-electron chi connectivity index (χ4n) is 2.62. The average Bonchev–Trinajstić information content (AvgIpc) is 2.60. The van der Waals surface area contributed by atoms with Crippen LogP contribution >= 0.6 is 23.2 Å². The molecule has 0 radical (unpaired) electrons. The SMILES string of the molecule is CC(=NCc1ccccc1Cl)c1c(O)n(-c2cccc(Cl)c2)c(=O)[nH]c1=O. The molecule has 2 N–H and O–H groups in total. The van der Waals surface area contributed by atoms with E-state index in [0.717, 1.165) is 10.1 Å². The molecule has 0 bridgehead atoms. The molecular formula is C19H15Cl2N3O3. The highest BCUT2D eigenvalue weighted by Crippen LogP contribution is 2.21. The van der Waals surface area contributed by atoms with E-state index >= 15 is 0 Å². The van der Waals surface area contributed by atoms with E-state index in [2.05, 4.69) is 9.98 Å². The van der Waals surface area contributed by atoms with Crippen LogP contribution in [0.2, 0.25) is 10.0 Å². The summed E-state index contributed by atoms with van der Waals surface area (Å²) < 4.78 is 0.969. The zero-order chi connectivity index (χ0) is 19.6. The summed E-state index contributed by atoms with van der Waals surface area (Å²) in [6, 6.07) is 13.5. The number of hydrogen-bond donors (Lipinski definition) is 2. The molecule has 3 rings (SSSR count). The number of aromatic amines is 1. The van der Waals surface area contributed by atoms with Gasteiger partial charge in [0.15, 0.2) is 0 Å². The lowest BCUT2D eigenvalue weighted by Gasteiger charge is -2.11. The van der Waals surface area contributed by atoms with Gasteiger partial charge in [-0.25, -0.2) is 9.36 Å². The van der Waals surface area contributed by atoms with Crippen LogP contribution in [-0.4, -0.2) is 20.4 Å². The summed E-state index contributed by atoms with van der Waals surface area (Å²) in [4.78, 5) is 31.0. The van der Waals surface area contributed by atoms with Crippen molar-refractivity contribution in [1.82, 2.24) is 9.55 Å². The first kappa shape index (κ1) is 18.9. The molecule has 6 nitrogen and oxygen atoms in total. The van der Waals surface area contributed by atoms with Crippen LogP contribution in [0.5, 0.6) is 5.88 Å². The molecule has 0 aliphatic rings. The predicted molar refractivity (Wildman–Crippen MR) is 107 cm³/mol. The van der Waals surface area contributed by atoms with Crippen molar-refractivity contribution < 1.29 is 5.11 Å². The van der Waals surface area contributed by atoms with Crippen LogP contribution in [0.15, 0.2) is 63.1 Å².